The number of carbonyl (C=O) groups is 1. The zero-order chi connectivity index (χ0) is 13.7. The first-order valence-electron chi connectivity index (χ1n) is 7.29. The molecule has 1 aromatic rings. The largest absolute Gasteiger partial charge is 0.459 e. The number of amides is 1. The fourth-order valence-corrected chi connectivity index (χ4v) is 2.63. The highest BCUT2D eigenvalue weighted by molar-refractivity contribution is 5.92. The molecule has 1 unspecified atom stereocenters. The highest BCUT2D eigenvalue weighted by Crippen LogP contribution is 2.15. The van der Waals surface area contributed by atoms with E-state index in [2.05, 4.69) is 12.2 Å². The van der Waals surface area contributed by atoms with Gasteiger partial charge in [-0.15, -0.1) is 0 Å². The molecule has 1 saturated heterocycles. The molecule has 2 heterocycles. The van der Waals surface area contributed by atoms with E-state index in [1.165, 1.54) is 12.8 Å². The minimum Gasteiger partial charge on any atom is -0.459 e. The first kappa shape index (κ1) is 14.1. The topological polar surface area (TPSA) is 45.5 Å². The third-order valence-corrected chi connectivity index (χ3v) is 3.69. The molecule has 4 nitrogen and oxygen atoms in total. The molecule has 1 aliphatic heterocycles. The van der Waals surface area contributed by atoms with Gasteiger partial charge in [-0.1, -0.05) is 13.3 Å². The molecule has 1 aliphatic rings. The second-order valence-electron chi connectivity index (χ2n) is 5.33. The van der Waals surface area contributed by atoms with Gasteiger partial charge in [0, 0.05) is 24.7 Å². The number of nitrogens with one attached hydrogen (secondary N) is 1. The van der Waals surface area contributed by atoms with Gasteiger partial charge in [0.2, 0.25) is 0 Å². The van der Waals surface area contributed by atoms with E-state index in [0.29, 0.717) is 11.8 Å². The van der Waals surface area contributed by atoms with Gasteiger partial charge in [0.1, 0.15) is 0 Å². The summed E-state index contributed by atoms with van der Waals surface area (Å²) in [5.41, 5.74) is 0.919. The first-order chi connectivity index (χ1) is 9.22. The van der Waals surface area contributed by atoms with Gasteiger partial charge in [0.15, 0.2) is 5.76 Å². The average Bonchev–Trinajstić information content (AvgIpc) is 2.85. The molecule has 0 aliphatic carbocycles. The van der Waals surface area contributed by atoms with Crippen molar-refractivity contribution in [3.63, 3.8) is 0 Å². The van der Waals surface area contributed by atoms with Gasteiger partial charge in [-0.3, -0.25) is 4.79 Å². The molecular weight excluding hydrogens is 240 g/mol. The molecule has 0 aromatic carbocycles. The van der Waals surface area contributed by atoms with Crippen molar-refractivity contribution in [3.05, 3.63) is 23.7 Å². The summed E-state index contributed by atoms with van der Waals surface area (Å²) < 4.78 is 5.33. The zero-order valence-electron chi connectivity index (χ0n) is 11.9. The molecule has 1 amide bonds. The normalized spacial score (nSPS) is 19.4. The summed E-state index contributed by atoms with van der Waals surface area (Å²) >= 11 is 0. The Morgan fingerprint density at radius 2 is 2.37 bits per heavy atom. The van der Waals surface area contributed by atoms with Gasteiger partial charge in [-0.05, 0) is 38.8 Å². The van der Waals surface area contributed by atoms with Crippen LogP contribution in [0.1, 0.15) is 48.7 Å². The minimum absolute atomic E-state index is 0.0247. The van der Waals surface area contributed by atoms with Crippen LogP contribution in [-0.4, -0.2) is 36.5 Å². The van der Waals surface area contributed by atoms with Gasteiger partial charge in [-0.2, -0.15) is 0 Å². The van der Waals surface area contributed by atoms with Crippen LogP contribution in [-0.2, 0) is 0 Å². The van der Waals surface area contributed by atoms with Crippen molar-refractivity contribution in [1.29, 1.82) is 0 Å². The first-order valence-corrected chi connectivity index (χ1v) is 7.29. The lowest BCUT2D eigenvalue weighted by Crippen LogP contribution is -2.46. The Kier molecular flexibility index (Phi) is 5.02. The Bertz CT molecular complexity index is 408. The van der Waals surface area contributed by atoms with Crippen LogP contribution in [0.25, 0.3) is 0 Å². The smallest absolute Gasteiger partial charge is 0.289 e. The molecule has 1 fully saturated rings. The third-order valence-electron chi connectivity index (χ3n) is 3.69. The molecular formula is C15H24N2O2. The van der Waals surface area contributed by atoms with Crippen LogP contribution in [0.4, 0.5) is 0 Å². The highest BCUT2D eigenvalue weighted by atomic mass is 16.3. The van der Waals surface area contributed by atoms with E-state index >= 15 is 0 Å². The Morgan fingerprint density at radius 1 is 1.53 bits per heavy atom. The lowest BCUT2D eigenvalue weighted by molar-refractivity contribution is 0.0698. The number of nitrogens with zero attached hydrogens (tertiary/aromatic N) is 1. The molecule has 0 spiro atoms. The molecule has 0 bridgehead atoms. The van der Waals surface area contributed by atoms with Crippen molar-refractivity contribution in [1.82, 2.24) is 10.2 Å². The maximum atomic E-state index is 12.5. The number of hydrogen-bond acceptors (Lipinski definition) is 3. The van der Waals surface area contributed by atoms with Crippen LogP contribution >= 0.6 is 0 Å². The maximum Gasteiger partial charge on any atom is 0.289 e. The SMILES string of the molecule is CCCN(CC1CCCCN1)C(=O)c1occc1C. The molecule has 2 rings (SSSR count). The number of furan rings is 1. The number of piperidine rings is 1. The van der Waals surface area contributed by atoms with E-state index in [1.54, 1.807) is 6.26 Å². The molecule has 0 saturated carbocycles. The Morgan fingerprint density at radius 3 is 2.95 bits per heavy atom. The summed E-state index contributed by atoms with van der Waals surface area (Å²) in [5.74, 6) is 0.515. The predicted octanol–water partition coefficient (Wildman–Crippen LogP) is 2.58. The quantitative estimate of drug-likeness (QED) is 0.889. The summed E-state index contributed by atoms with van der Waals surface area (Å²) in [7, 11) is 0. The summed E-state index contributed by atoms with van der Waals surface area (Å²) in [6.07, 6.45) is 6.22. The van der Waals surface area contributed by atoms with Crippen LogP contribution < -0.4 is 5.32 Å². The summed E-state index contributed by atoms with van der Waals surface area (Å²) in [6, 6.07) is 2.27. The van der Waals surface area contributed by atoms with Crippen LogP contribution in [0.5, 0.6) is 0 Å². The average molecular weight is 264 g/mol. The fourth-order valence-electron chi connectivity index (χ4n) is 2.63. The Balaban J connectivity index is 2.02. The third kappa shape index (κ3) is 3.60. The van der Waals surface area contributed by atoms with Crippen molar-refractivity contribution in [2.75, 3.05) is 19.6 Å². The van der Waals surface area contributed by atoms with Crippen LogP contribution in [0.15, 0.2) is 16.7 Å². The van der Waals surface area contributed by atoms with E-state index < -0.39 is 0 Å². The molecule has 0 radical (unpaired) electrons. The van der Waals surface area contributed by atoms with Crippen molar-refractivity contribution < 1.29 is 9.21 Å². The highest BCUT2D eigenvalue weighted by Gasteiger charge is 2.23. The Hall–Kier alpha value is -1.29. The van der Waals surface area contributed by atoms with E-state index in [0.717, 1.165) is 38.0 Å². The van der Waals surface area contributed by atoms with E-state index in [-0.39, 0.29) is 5.91 Å². The summed E-state index contributed by atoms with van der Waals surface area (Å²) in [5, 5.41) is 3.50. The lowest BCUT2D eigenvalue weighted by Gasteiger charge is -2.30. The zero-order valence-corrected chi connectivity index (χ0v) is 11.9. The molecule has 19 heavy (non-hydrogen) atoms. The molecule has 1 N–H and O–H groups in total. The Labute approximate surface area is 115 Å². The van der Waals surface area contributed by atoms with Crippen LogP contribution in [0.2, 0.25) is 0 Å². The van der Waals surface area contributed by atoms with Gasteiger partial charge in [0.05, 0.1) is 6.26 Å². The monoisotopic (exact) mass is 264 g/mol. The van der Waals surface area contributed by atoms with Gasteiger partial charge < -0.3 is 14.6 Å². The molecule has 1 atom stereocenters. The number of hydrogen-bond donors (Lipinski definition) is 1. The van der Waals surface area contributed by atoms with E-state index in [9.17, 15) is 4.79 Å². The molecule has 106 valence electrons. The lowest BCUT2D eigenvalue weighted by atomic mass is 10.0. The number of aryl methyl sites for hydroxylation is 1. The molecule has 1 aromatic heterocycles. The fraction of sp³-hybridized carbons (Fsp3) is 0.667. The second-order valence-corrected chi connectivity index (χ2v) is 5.33. The van der Waals surface area contributed by atoms with Gasteiger partial charge >= 0.3 is 0 Å². The summed E-state index contributed by atoms with van der Waals surface area (Å²) in [6.45, 7) is 6.66. The minimum atomic E-state index is 0.0247. The molecule has 4 heteroatoms. The van der Waals surface area contributed by atoms with Gasteiger partial charge in [-0.25, -0.2) is 0 Å². The number of rotatable bonds is 5. The van der Waals surface area contributed by atoms with Crippen LogP contribution in [0.3, 0.4) is 0 Å². The second kappa shape index (κ2) is 6.75. The van der Waals surface area contributed by atoms with Crippen molar-refractivity contribution in [2.24, 2.45) is 0 Å². The van der Waals surface area contributed by atoms with E-state index in [1.807, 2.05) is 17.9 Å². The van der Waals surface area contributed by atoms with Gasteiger partial charge in [0.25, 0.3) is 5.91 Å². The predicted molar refractivity (Wildman–Crippen MR) is 75.3 cm³/mol. The van der Waals surface area contributed by atoms with Crippen molar-refractivity contribution in [2.45, 2.75) is 45.6 Å². The van der Waals surface area contributed by atoms with Crippen LogP contribution in [0, 0.1) is 6.92 Å². The number of carbonyl (C=O) groups excluding carboxylic acids is 1. The summed E-state index contributed by atoms with van der Waals surface area (Å²) in [4.78, 5) is 14.4. The van der Waals surface area contributed by atoms with E-state index in [4.69, 9.17) is 4.42 Å². The maximum absolute atomic E-state index is 12.5. The van der Waals surface area contributed by atoms with Crippen molar-refractivity contribution >= 4 is 5.91 Å². The van der Waals surface area contributed by atoms with Crippen molar-refractivity contribution in [3.8, 4) is 0 Å². The standard InChI is InChI=1S/C15H24N2O2/c1-3-9-17(11-13-6-4-5-8-16-13)15(18)14-12(2)7-10-19-14/h7,10,13,16H,3-6,8-9,11H2,1-2H3.